The Morgan fingerprint density at radius 2 is 2.08 bits per heavy atom. The number of halogens is 1. The standard InChI is InChI=1S/C8H12FNO3/c9-2-1-7(11)10-6-3-5(4-6)8(12)13/h5-6H,1-4H2,(H,10,11)(H,12,13). The molecular weight excluding hydrogens is 177 g/mol. The van der Waals surface area contributed by atoms with Crippen LogP contribution in [0.5, 0.6) is 0 Å². The van der Waals surface area contributed by atoms with E-state index in [4.69, 9.17) is 5.11 Å². The number of hydrogen-bond donors (Lipinski definition) is 2. The summed E-state index contributed by atoms with van der Waals surface area (Å²) < 4.78 is 11.7. The molecule has 74 valence electrons. The van der Waals surface area contributed by atoms with Crippen LogP contribution in [0, 0.1) is 5.92 Å². The fourth-order valence-electron chi connectivity index (χ4n) is 1.32. The molecule has 5 heteroatoms. The molecule has 1 fully saturated rings. The van der Waals surface area contributed by atoms with E-state index in [-0.39, 0.29) is 24.3 Å². The van der Waals surface area contributed by atoms with Crippen molar-refractivity contribution in [3.05, 3.63) is 0 Å². The molecule has 1 aliphatic rings. The molecule has 0 unspecified atom stereocenters. The van der Waals surface area contributed by atoms with Crippen LogP contribution in [0.3, 0.4) is 0 Å². The van der Waals surface area contributed by atoms with Crippen molar-refractivity contribution in [2.45, 2.75) is 25.3 Å². The molecule has 2 N–H and O–H groups in total. The van der Waals surface area contributed by atoms with Crippen LogP contribution in [0.4, 0.5) is 4.39 Å². The largest absolute Gasteiger partial charge is 0.481 e. The molecule has 1 amide bonds. The number of carbonyl (C=O) groups excluding carboxylic acids is 1. The summed E-state index contributed by atoms with van der Waals surface area (Å²) in [5.41, 5.74) is 0. The van der Waals surface area contributed by atoms with Crippen LogP contribution in [0.15, 0.2) is 0 Å². The van der Waals surface area contributed by atoms with Gasteiger partial charge in [-0.3, -0.25) is 14.0 Å². The Labute approximate surface area is 75.1 Å². The van der Waals surface area contributed by atoms with E-state index in [1.807, 2.05) is 0 Å². The zero-order chi connectivity index (χ0) is 9.84. The number of hydrogen-bond acceptors (Lipinski definition) is 2. The highest BCUT2D eigenvalue weighted by atomic mass is 19.1. The maximum Gasteiger partial charge on any atom is 0.306 e. The van der Waals surface area contributed by atoms with Crippen LogP contribution >= 0.6 is 0 Å². The Bertz CT molecular complexity index is 213. The summed E-state index contributed by atoms with van der Waals surface area (Å²) in [4.78, 5) is 21.2. The van der Waals surface area contributed by atoms with E-state index in [1.165, 1.54) is 0 Å². The number of alkyl halides is 1. The Morgan fingerprint density at radius 1 is 1.46 bits per heavy atom. The van der Waals surface area contributed by atoms with E-state index in [0.717, 1.165) is 0 Å². The van der Waals surface area contributed by atoms with Crippen LogP contribution in [0.1, 0.15) is 19.3 Å². The molecule has 0 atom stereocenters. The van der Waals surface area contributed by atoms with Crippen LogP contribution in [-0.4, -0.2) is 29.7 Å². The Kier molecular flexibility index (Phi) is 3.22. The Morgan fingerprint density at radius 3 is 2.54 bits per heavy atom. The minimum atomic E-state index is -0.823. The van der Waals surface area contributed by atoms with Gasteiger partial charge in [-0.05, 0) is 12.8 Å². The molecule has 1 aliphatic carbocycles. The zero-order valence-corrected chi connectivity index (χ0v) is 7.12. The first kappa shape index (κ1) is 9.95. The highest BCUT2D eigenvalue weighted by molar-refractivity contribution is 5.77. The van der Waals surface area contributed by atoms with Gasteiger partial charge in [-0.15, -0.1) is 0 Å². The molecule has 0 aromatic rings. The lowest BCUT2D eigenvalue weighted by Gasteiger charge is -2.32. The van der Waals surface area contributed by atoms with Gasteiger partial charge in [0.05, 0.1) is 19.0 Å². The number of amides is 1. The Balaban J connectivity index is 2.14. The third-order valence-corrected chi connectivity index (χ3v) is 2.17. The van der Waals surface area contributed by atoms with Crippen molar-refractivity contribution in [2.75, 3.05) is 6.67 Å². The molecule has 0 radical (unpaired) electrons. The molecule has 0 saturated heterocycles. The summed E-state index contributed by atoms with van der Waals surface area (Å²) in [6.45, 7) is -0.666. The minimum absolute atomic E-state index is 0.0693. The van der Waals surface area contributed by atoms with Crippen molar-refractivity contribution in [3.8, 4) is 0 Å². The van der Waals surface area contributed by atoms with E-state index >= 15 is 0 Å². The SMILES string of the molecule is O=C(CCF)NC1CC(C(=O)O)C1. The third kappa shape index (κ3) is 2.68. The van der Waals surface area contributed by atoms with Crippen LogP contribution in [-0.2, 0) is 9.59 Å². The first-order chi connectivity index (χ1) is 6.13. The second kappa shape index (κ2) is 4.20. The van der Waals surface area contributed by atoms with Gasteiger partial charge in [-0.2, -0.15) is 0 Å². The third-order valence-electron chi connectivity index (χ3n) is 2.17. The van der Waals surface area contributed by atoms with E-state index in [9.17, 15) is 14.0 Å². The molecule has 0 aliphatic heterocycles. The second-order valence-corrected chi connectivity index (χ2v) is 3.21. The fourth-order valence-corrected chi connectivity index (χ4v) is 1.32. The van der Waals surface area contributed by atoms with E-state index < -0.39 is 12.6 Å². The summed E-state index contributed by atoms with van der Waals surface area (Å²) in [7, 11) is 0. The molecular formula is C8H12FNO3. The predicted octanol–water partition coefficient (Wildman–Crippen LogP) is 0.325. The van der Waals surface area contributed by atoms with Crippen molar-refractivity contribution in [1.82, 2.24) is 5.32 Å². The van der Waals surface area contributed by atoms with Gasteiger partial charge >= 0.3 is 5.97 Å². The molecule has 0 bridgehead atoms. The van der Waals surface area contributed by atoms with Crippen molar-refractivity contribution >= 4 is 11.9 Å². The summed E-state index contributed by atoms with van der Waals surface area (Å²) in [6.07, 6.45) is 0.801. The quantitative estimate of drug-likeness (QED) is 0.669. The summed E-state index contributed by atoms with van der Waals surface area (Å²) in [6, 6.07) is -0.0693. The number of carboxylic acid groups (broad SMARTS) is 1. The maximum absolute atomic E-state index is 11.7. The molecule has 0 aromatic carbocycles. The molecule has 0 heterocycles. The number of rotatable bonds is 4. The van der Waals surface area contributed by atoms with Crippen molar-refractivity contribution in [1.29, 1.82) is 0 Å². The van der Waals surface area contributed by atoms with E-state index in [2.05, 4.69) is 5.32 Å². The second-order valence-electron chi connectivity index (χ2n) is 3.21. The van der Waals surface area contributed by atoms with Gasteiger partial charge in [0, 0.05) is 6.04 Å². The summed E-state index contributed by atoms with van der Waals surface area (Å²) >= 11 is 0. The van der Waals surface area contributed by atoms with Gasteiger partial charge in [0.25, 0.3) is 0 Å². The van der Waals surface area contributed by atoms with Crippen LogP contribution < -0.4 is 5.32 Å². The molecule has 0 aromatic heterocycles. The van der Waals surface area contributed by atoms with Gasteiger partial charge < -0.3 is 10.4 Å². The maximum atomic E-state index is 11.7. The van der Waals surface area contributed by atoms with E-state index in [0.29, 0.717) is 12.8 Å². The number of carbonyl (C=O) groups is 2. The number of carboxylic acids is 1. The summed E-state index contributed by atoms with van der Waals surface area (Å²) in [5.74, 6) is -1.50. The first-order valence-electron chi connectivity index (χ1n) is 4.21. The molecule has 4 nitrogen and oxygen atoms in total. The average Bonchev–Trinajstić information content (AvgIpc) is 1.95. The average molecular weight is 189 g/mol. The van der Waals surface area contributed by atoms with Crippen molar-refractivity contribution < 1.29 is 19.1 Å². The predicted molar refractivity (Wildman–Crippen MR) is 42.9 cm³/mol. The highest BCUT2D eigenvalue weighted by Gasteiger charge is 2.34. The smallest absolute Gasteiger partial charge is 0.306 e. The van der Waals surface area contributed by atoms with Crippen molar-refractivity contribution in [3.63, 3.8) is 0 Å². The lowest BCUT2D eigenvalue weighted by Crippen LogP contribution is -2.46. The number of nitrogens with one attached hydrogen (secondary N) is 1. The first-order valence-corrected chi connectivity index (χ1v) is 4.21. The molecule has 13 heavy (non-hydrogen) atoms. The van der Waals surface area contributed by atoms with Gasteiger partial charge in [-0.25, -0.2) is 0 Å². The molecule has 1 rings (SSSR count). The topological polar surface area (TPSA) is 66.4 Å². The van der Waals surface area contributed by atoms with Gasteiger partial charge in [0.1, 0.15) is 0 Å². The lowest BCUT2D eigenvalue weighted by atomic mass is 9.80. The van der Waals surface area contributed by atoms with Gasteiger partial charge in [0.15, 0.2) is 0 Å². The normalized spacial score (nSPS) is 26.2. The highest BCUT2D eigenvalue weighted by Crippen LogP contribution is 2.27. The van der Waals surface area contributed by atoms with Gasteiger partial charge in [-0.1, -0.05) is 0 Å². The van der Waals surface area contributed by atoms with Crippen LogP contribution in [0.25, 0.3) is 0 Å². The van der Waals surface area contributed by atoms with Crippen LogP contribution in [0.2, 0.25) is 0 Å². The summed E-state index contributed by atoms with van der Waals surface area (Å²) in [5, 5.41) is 11.1. The monoisotopic (exact) mass is 189 g/mol. The minimum Gasteiger partial charge on any atom is -0.481 e. The fraction of sp³-hybridized carbons (Fsp3) is 0.750. The molecule has 1 saturated carbocycles. The Hall–Kier alpha value is -1.13. The van der Waals surface area contributed by atoms with E-state index in [1.54, 1.807) is 0 Å². The van der Waals surface area contributed by atoms with Gasteiger partial charge in [0.2, 0.25) is 5.91 Å². The van der Waals surface area contributed by atoms with Crippen molar-refractivity contribution in [2.24, 2.45) is 5.92 Å². The lowest BCUT2D eigenvalue weighted by molar-refractivity contribution is -0.146. The zero-order valence-electron chi connectivity index (χ0n) is 7.12. The molecule has 0 spiro atoms. The number of aliphatic carboxylic acids is 1.